The van der Waals surface area contributed by atoms with E-state index in [1.807, 2.05) is 0 Å². The molecule has 5 rings (SSSR count). The highest BCUT2D eigenvalue weighted by Gasteiger charge is 2.62. The molecule has 0 saturated carbocycles. The van der Waals surface area contributed by atoms with Gasteiger partial charge >= 0.3 is 83.6 Å². The number of anilines is 2. The predicted octanol–water partition coefficient (Wildman–Crippen LogP) is -2.55. The number of methoxy groups -OCH3 is 2. The zero-order valence-electron chi connectivity index (χ0n) is 64.3. The molecule has 20 atom stereocenters. The Morgan fingerprint density at radius 1 is 0.351 bits per heavy atom. The number of carbonyl (C=O) groups excluding carboxylic acids is 18. The summed E-state index contributed by atoms with van der Waals surface area (Å²) in [5, 5.41) is 4.51. The van der Waals surface area contributed by atoms with E-state index in [4.69, 9.17) is 94.7 Å². The Kier molecular flexibility index (Phi) is 36.3. The predicted molar refractivity (Wildman–Crippen MR) is 367 cm³/mol. The molecule has 4 aliphatic heterocycles. The first-order chi connectivity index (χ1) is 53.7. The summed E-state index contributed by atoms with van der Waals surface area (Å²) >= 11 is 0. The van der Waals surface area contributed by atoms with Crippen LogP contribution in [0.3, 0.4) is 0 Å². The number of hydrogen-bond donors (Lipinski definition) is 2. The van der Waals surface area contributed by atoms with Crippen LogP contribution in [0, 0.1) is 0 Å². The maximum atomic E-state index is 16.0. The summed E-state index contributed by atoms with van der Waals surface area (Å²) in [6.07, 6.45) is -39.1. The van der Waals surface area contributed by atoms with Gasteiger partial charge in [-0.2, -0.15) is 0 Å². The maximum Gasteiger partial charge on any atom is 0.325 e. The third-order valence-electron chi connectivity index (χ3n) is 15.8. The fourth-order valence-corrected chi connectivity index (χ4v) is 11.7. The summed E-state index contributed by atoms with van der Waals surface area (Å²) in [5.74, 6) is -20.3. The van der Waals surface area contributed by atoms with Gasteiger partial charge < -0.3 is 125 Å². The number of nitrogens with one attached hydrogen (secondary N) is 2. The van der Waals surface area contributed by atoms with Gasteiger partial charge in [0.25, 0.3) is 11.8 Å². The minimum absolute atomic E-state index is 0.417. The Morgan fingerprint density at radius 3 is 0.877 bits per heavy atom. The summed E-state index contributed by atoms with van der Waals surface area (Å²) in [7, 11) is 1.97. The number of ether oxygens (including phenoxy) is 22. The molecule has 0 bridgehead atoms. The van der Waals surface area contributed by atoms with Gasteiger partial charge in [0.15, 0.2) is 98.4 Å². The number of hydrogen-bond acceptors (Lipinski definition) is 40. The van der Waals surface area contributed by atoms with E-state index in [0.29, 0.717) is 9.80 Å². The van der Waals surface area contributed by atoms with Crippen molar-refractivity contribution in [1.82, 2.24) is 10.6 Å². The lowest BCUT2D eigenvalue weighted by molar-refractivity contribution is -0.356. The van der Waals surface area contributed by atoms with Gasteiger partial charge in [0.2, 0.25) is 11.8 Å². The summed E-state index contributed by atoms with van der Waals surface area (Å²) in [4.78, 5) is 242. The zero-order valence-corrected chi connectivity index (χ0v) is 64.3. The van der Waals surface area contributed by atoms with E-state index in [9.17, 15) is 76.7 Å². The lowest BCUT2D eigenvalue weighted by atomic mass is 9.95. The molecule has 0 spiro atoms. The van der Waals surface area contributed by atoms with Crippen molar-refractivity contribution in [2.24, 2.45) is 0 Å². The second-order valence-electron chi connectivity index (χ2n) is 24.8. The normalized spacial score (nSPS) is 26.8. The maximum absolute atomic E-state index is 16.0. The second-order valence-corrected chi connectivity index (χ2v) is 24.8. The van der Waals surface area contributed by atoms with Gasteiger partial charge in [-0.15, -0.1) is 13.2 Å². The van der Waals surface area contributed by atoms with Gasteiger partial charge in [-0.3, -0.25) is 86.3 Å². The van der Waals surface area contributed by atoms with Crippen molar-refractivity contribution < 1.29 is 191 Å². The molecular weight excluding hydrogens is 1540 g/mol. The average Bonchev–Trinajstić information content (AvgIpc) is 0.761. The summed E-state index contributed by atoms with van der Waals surface area (Å²) in [5.41, 5.74) is -0.834. The van der Waals surface area contributed by atoms with Gasteiger partial charge in [-0.1, -0.05) is 12.2 Å². The molecule has 44 heteroatoms. The highest BCUT2D eigenvalue weighted by molar-refractivity contribution is 6.04. The average molecular weight is 1630 g/mol. The van der Waals surface area contributed by atoms with E-state index >= 15 is 9.59 Å². The number of nitrogens with zero attached hydrogens (tertiary/aromatic N) is 2. The molecule has 4 aliphatic rings. The molecule has 114 heavy (non-hydrogen) atoms. The molecule has 1 aromatic carbocycles. The SMILES string of the molecule is C=CCO[C@@H]1O[C@H](C(=O)N(CC(=O)NCC(=O)OC)c2ccc(N(CC(=O)NCC(=O)OC)C(=O)[C@H]3O[C@@H](OCC=C)[C@H](OC(C)=O)[C@@H](O[C@H]4O[C@H](COC(C)=O)[C@@H](OC(C)=O)[C@H](OC(C)=O)[C@@H]4OC(C)=O)[C@@H]3OC(C)=O)cc2)[C@@H](OC(C)=O)[C@H](O[C@H]2O[C@H](COC(C)=O)[C@@H](OC(C)=O)[C@H](OC(C)=O)[C@@H]2OC(C)=O)[C@H]1OC(C)=O. The Bertz CT molecular complexity index is 3470. The van der Waals surface area contributed by atoms with Crippen molar-refractivity contribution in [2.45, 2.75) is 206 Å². The van der Waals surface area contributed by atoms with Crippen LogP contribution in [0.4, 0.5) is 11.4 Å². The quantitative estimate of drug-likeness (QED) is 0.0397. The van der Waals surface area contributed by atoms with Crippen molar-refractivity contribution in [3.8, 4) is 0 Å². The molecule has 2 N–H and O–H groups in total. The van der Waals surface area contributed by atoms with Crippen molar-refractivity contribution in [1.29, 1.82) is 0 Å². The van der Waals surface area contributed by atoms with Gasteiger partial charge in [0, 0.05) is 94.5 Å². The van der Waals surface area contributed by atoms with Crippen molar-refractivity contribution in [2.75, 3.05) is 76.6 Å². The van der Waals surface area contributed by atoms with Crippen LogP contribution in [0.2, 0.25) is 0 Å². The lowest BCUT2D eigenvalue weighted by Crippen LogP contribution is -2.68. The van der Waals surface area contributed by atoms with Crippen LogP contribution in [-0.4, -0.2) is 297 Å². The van der Waals surface area contributed by atoms with E-state index in [2.05, 4.69) is 33.3 Å². The molecule has 0 aromatic heterocycles. The first-order valence-corrected chi connectivity index (χ1v) is 34.5. The Morgan fingerprint density at radius 2 is 0.614 bits per heavy atom. The van der Waals surface area contributed by atoms with Crippen LogP contribution >= 0.6 is 0 Å². The third kappa shape index (κ3) is 27.6. The number of esters is 14. The molecule has 4 saturated heterocycles. The fourth-order valence-electron chi connectivity index (χ4n) is 11.7. The van der Waals surface area contributed by atoms with Crippen molar-refractivity contribution >= 4 is 119 Å². The Balaban J connectivity index is 1.81. The van der Waals surface area contributed by atoms with Gasteiger partial charge in [-0.25, -0.2) is 0 Å². The van der Waals surface area contributed by atoms with Crippen LogP contribution in [0.15, 0.2) is 49.6 Å². The van der Waals surface area contributed by atoms with Gasteiger partial charge in [0.05, 0.1) is 27.4 Å². The van der Waals surface area contributed by atoms with Crippen LogP contribution in [0.1, 0.15) is 83.1 Å². The summed E-state index contributed by atoms with van der Waals surface area (Å²) in [6, 6.07) is 4.07. The molecule has 0 radical (unpaired) electrons. The molecule has 630 valence electrons. The fraction of sp³-hybridized carbons (Fsp3) is 0.600. The summed E-state index contributed by atoms with van der Waals surface area (Å²) < 4.78 is 126. The first-order valence-electron chi connectivity index (χ1n) is 34.5. The molecule has 44 nitrogen and oxygen atoms in total. The topological polar surface area (TPSA) is 541 Å². The smallest absolute Gasteiger partial charge is 0.325 e. The number of rotatable bonds is 36. The highest BCUT2D eigenvalue weighted by atomic mass is 16.8. The molecular formula is C70H90N4O40. The Hall–Kier alpha value is -11.2. The first kappa shape index (κ1) is 93.4. The van der Waals surface area contributed by atoms with Crippen LogP contribution < -0.4 is 20.4 Å². The highest BCUT2D eigenvalue weighted by Crippen LogP contribution is 2.40. The van der Waals surface area contributed by atoms with E-state index in [0.717, 1.165) is 122 Å². The van der Waals surface area contributed by atoms with Crippen molar-refractivity contribution in [3.63, 3.8) is 0 Å². The third-order valence-corrected chi connectivity index (χ3v) is 15.8. The zero-order chi connectivity index (χ0) is 85.1. The molecule has 4 heterocycles. The van der Waals surface area contributed by atoms with Crippen LogP contribution in [0.5, 0.6) is 0 Å². The van der Waals surface area contributed by atoms with E-state index < -0.39 is 294 Å². The molecule has 1 aromatic rings. The van der Waals surface area contributed by atoms with Crippen molar-refractivity contribution in [3.05, 3.63) is 49.6 Å². The number of amides is 4. The molecule has 0 aliphatic carbocycles. The Labute approximate surface area is 649 Å². The van der Waals surface area contributed by atoms with E-state index in [-0.39, 0.29) is 0 Å². The molecule has 4 amide bonds. The lowest BCUT2D eigenvalue weighted by Gasteiger charge is -2.49. The second kappa shape index (κ2) is 44.3. The van der Waals surface area contributed by atoms with Crippen LogP contribution in [-0.2, 0) is 191 Å². The minimum Gasteiger partial charge on any atom is -0.468 e. The molecule has 0 unspecified atom stereocenters. The monoisotopic (exact) mass is 1630 g/mol. The summed E-state index contributed by atoms with van der Waals surface area (Å²) in [6.45, 7) is 11.5. The van der Waals surface area contributed by atoms with Gasteiger partial charge in [-0.05, 0) is 24.3 Å². The van der Waals surface area contributed by atoms with Crippen LogP contribution in [0.25, 0.3) is 0 Å². The minimum atomic E-state index is -2.40. The van der Waals surface area contributed by atoms with Gasteiger partial charge in [0.1, 0.15) is 63.8 Å². The number of carbonyl (C=O) groups is 18. The molecule has 4 fully saturated rings. The number of benzene rings is 1. The standard InChI is InChI=1S/C70H90N4O40/c1-17-23-95-67-61(105-39(11)83)57(111-69-63(107-41(13)85)53(101-35(7)79)51(99-33(5)77)45(109-69)29-97-31(3)75)55(103-37(9)81)59(113-67)65(91)73(27-47(87)71-25-49(89)93-15)43-19-21-44(22-20-43)74(28-48(88)72-26-50(90)94-16)66(92)60-56(104-38(10)82)58(62(106-40(12)84)68(114-60)96-24-18-2)112-70-64(108-42(14)86)54(102-36(8)80)52(100-34(6)78)46(110-70)30-98-32(4)76/h17-22,45-46,51-64,67-70H,1-2,23-30H2,3-16H3,(H,71,87)(H,72,88)/t45-,46-,51-,52-,53+,54+,55+,56+,57+,58+,59+,60+,61-,62-,63+,64+,67-,68-,69-,70-/m1/s1. The van der Waals surface area contributed by atoms with E-state index in [1.165, 1.54) is 12.2 Å². The van der Waals surface area contributed by atoms with E-state index in [1.54, 1.807) is 0 Å². The largest absolute Gasteiger partial charge is 0.468 e.